The maximum Gasteiger partial charge on any atom is 0.262 e. The Labute approximate surface area is 216 Å². The van der Waals surface area contributed by atoms with E-state index in [1.807, 2.05) is 17.4 Å². The minimum Gasteiger partial charge on any atom is -0.456 e. The summed E-state index contributed by atoms with van der Waals surface area (Å²) in [5.41, 5.74) is 7.45. The summed E-state index contributed by atoms with van der Waals surface area (Å²) in [6, 6.07) is 29.6. The number of aromatic nitrogens is 1. The molecule has 0 unspecified atom stereocenters. The molecule has 0 atom stereocenters. The molecular formula is C33H28NOS+. The average molecular weight is 487 g/mol. The quantitative estimate of drug-likeness (QED) is 0.204. The minimum atomic E-state index is 0.911. The number of fused-ring (bicyclic) bond motifs is 2. The van der Waals surface area contributed by atoms with Crippen molar-refractivity contribution in [2.24, 2.45) is 7.05 Å². The number of allylic oxidation sites excluding steroid dienone is 7. The highest BCUT2D eigenvalue weighted by molar-refractivity contribution is 7.18. The van der Waals surface area contributed by atoms with Crippen LogP contribution in [0, 0.1) is 0 Å². The molecule has 0 fully saturated rings. The average Bonchev–Trinajstić information content (AvgIpc) is 3.26. The molecule has 3 aromatic carbocycles. The zero-order valence-electron chi connectivity index (χ0n) is 20.4. The fraction of sp³-hybridized carbons (Fsp3) is 0.121. The van der Waals surface area contributed by atoms with E-state index in [1.54, 1.807) is 0 Å². The molecule has 36 heavy (non-hydrogen) atoms. The van der Waals surface area contributed by atoms with Crippen molar-refractivity contribution in [1.29, 1.82) is 0 Å². The highest BCUT2D eigenvalue weighted by Gasteiger charge is 2.26. The molecule has 0 saturated heterocycles. The molecule has 4 aromatic rings. The van der Waals surface area contributed by atoms with Crippen molar-refractivity contribution >= 4 is 39.0 Å². The van der Waals surface area contributed by atoms with Crippen LogP contribution in [0.3, 0.4) is 0 Å². The second-order valence-corrected chi connectivity index (χ2v) is 10.2. The molecule has 0 saturated carbocycles. The third-order valence-corrected chi connectivity index (χ3v) is 8.00. The number of aryl methyl sites for hydroxylation is 1. The molecule has 0 spiro atoms. The lowest BCUT2D eigenvalue weighted by Crippen LogP contribution is -2.28. The SMILES string of the molecule is C[n+]1c(C=CC=CC2=C3OC(c4ccccc4)=CC(c4ccccc4)=C3CCC2)sc2ccccc21. The van der Waals surface area contributed by atoms with Crippen LogP contribution in [0.15, 0.2) is 126 Å². The monoisotopic (exact) mass is 486 g/mol. The van der Waals surface area contributed by atoms with Gasteiger partial charge < -0.3 is 4.74 Å². The van der Waals surface area contributed by atoms with Gasteiger partial charge in [0.15, 0.2) is 0 Å². The molecule has 1 aromatic heterocycles. The van der Waals surface area contributed by atoms with Crippen LogP contribution in [-0.2, 0) is 11.8 Å². The highest BCUT2D eigenvalue weighted by atomic mass is 32.1. The molecule has 0 amide bonds. The summed E-state index contributed by atoms with van der Waals surface area (Å²) in [5, 5.41) is 1.23. The van der Waals surface area contributed by atoms with Crippen molar-refractivity contribution in [3.63, 3.8) is 0 Å². The molecule has 2 aliphatic rings. The van der Waals surface area contributed by atoms with Gasteiger partial charge in [0.2, 0.25) is 5.52 Å². The van der Waals surface area contributed by atoms with Gasteiger partial charge in [-0.2, -0.15) is 4.57 Å². The Morgan fingerprint density at radius 3 is 2.25 bits per heavy atom. The molecule has 2 heterocycles. The number of hydrogen-bond donors (Lipinski definition) is 0. The molecule has 1 aliphatic heterocycles. The number of ether oxygens (including phenoxy) is 1. The van der Waals surface area contributed by atoms with Crippen molar-refractivity contribution in [2.45, 2.75) is 19.3 Å². The van der Waals surface area contributed by atoms with Gasteiger partial charge in [-0.15, -0.1) is 0 Å². The van der Waals surface area contributed by atoms with Gasteiger partial charge in [0.1, 0.15) is 23.3 Å². The van der Waals surface area contributed by atoms with Crippen LogP contribution in [0.25, 0.3) is 27.6 Å². The van der Waals surface area contributed by atoms with E-state index in [4.69, 9.17) is 4.74 Å². The third-order valence-electron chi connectivity index (χ3n) is 6.81. The van der Waals surface area contributed by atoms with Crippen molar-refractivity contribution in [1.82, 2.24) is 0 Å². The number of thiazole rings is 1. The van der Waals surface area contributed by atoms with E-state index in [0.29, 0.717) is 0 Å². The van der Waals surface area contributed by atoms with E-state index < -0.39 is 0 Å². The Morgan fingerprint density at radius 2 is 1.47 bits per heavy atom. The Hall–Kier alpha value is -3.95. The zero-order chi connectivity index (χ0) is 24.3. The first-order chi connectivity index (χ1) is 17.8. The second kappa shape index (κ2) is 9.96. The molecule has 6 rings (SSSR count). The van der Waals surface area contributed by atoms with E-state index in [1.165, 1.54) is 37.5 Å². The number of nitrogens with zero attached hydrogens (tertiary/aromatic N) is 1. The maximum absolute atomic E-state index is 6.62. The van der Waals surface area contributed by atoms with E-state index in [9.17, 15) is 0 Å². The van der Waals surface area contributed by atoms with Gasteiger partial charge in [0, 0.05) is 23.3 Å². The normalized spacial score (nSPS) is 16.1. The zero-order valence-corrected chi connectivity index (χ0v) is 21.2. The summed E-state index contributed by atoms with van der Waals surface area (Å²) in [6.07, 6.45) is 14.1. The molecule has 1 aliphatic carbocycles. The fourth-order valence-corrected chi connectivity index (χ4v) is 6.04. The standard InChI is InChI=1S/C33H28NOS/c1-34-29-20-9-10-21-31(29)36-32(34)22-11-8-17-26-18-12-19-27-28(24-13-4-2-5-14-24)23-30(35-33(26)27)25-15-6-3-7-16-25/h2-11,13-17,20-23H,12,18-19H2,1H3/q+1. The van der Waals surface area contributed by atoms with Gasteiger partial charge in [-0.25, -0.2) is 0 Å². The molecule has 2 nitrogen and oxygen atoms in total. The van der Waals surface area contributed by atoms with Crippen LogP contribution in [-0.4, -0.2) is 0 Å². The van der Waals surface area contributed by atoms with E-state index in [2.05, 4.69) is 121 Å². The van der Waals surface area contributed by atoms with E-state index in [0.717, 1.165) is 36.3 Å². The number of hydrogen-bond acceptors (Lipinski definition) is 2. The number of benzene rings is 3. The Kier molecular flexibility index (Phi) is 6.23. The van der Waals surface area contributed by atoms with Gasteiger partial charge in [0.05, 0.1) is 0 Å². The predicted octanol–water partition coefficient (Wildman–Crippen LogP) is 8.26. The van der Waals surface area contributed by atoms with Crippen molar-refractivity contribution in [3.8, 4) is 0 Å². The van der Waals surface area contributed by atoms with Crippen LogP contribution in [0.1, 0.15) is 35.4 Å². The lowest BCUT2D eigenvalue weighted by molar-refractivity contribution is -0.642. The van der Waals surface area contributed by atoms with Crippen molar-refractivity contribution in [2.75, 3.05) is 0 Å². The topological polar surface area (TPSA) is 13.1 Å². The largest absolute Gasteiger partial charge is 0.456 e. The van der Waals surface area contributed by atoms with Crippen molar-refractivity contribution in [3.05, 3.63) is 142 Å². The van der Waals surface area contributed by atoms with Crippen LogP contribution in [0.5, 0.6) is 0 Å². The molecular weight excluding hydrogens is 458 g/mol. The highest BCUT2D eigenvalue weighted by Crippen LogP contribution is 2.43. The first kappa shape index (κ1) is 22.5. The molecule has 3 heteroatoms. The lowest BCUT2D eigenvalue weighted by atomic mass is 9.85. The Balaban J connectivity index is 1.37. The predicted molar refractivity (Wildman–Crippen MR) is 151 cm³/mol. The van der Waals surface area contributed by atoms with E-state index in [-0.39, 0.29) is 0 Å². The van der Waals surface area contributed by atoms with Crippen LogP contribution < -0.4 is 4.57 Å². The minimum absolute atomic E-state index is 0.911. The first-order valence-electron chi connectivity index (χ1n) is 12.5. The van der Waals surface area contributed by atoms with Gasteiger partial charge in [-0.1, -0.05) is 102 Å². The van der Waals surface area contributed by atoms with Crippen LogP contribution >= 0.6 is 11.3 Å². The first-order valence-corrected chi connectivity index (χ1v) is 13.3. The van der Waals surface area contributed by atoms with Crippen LogP contribution in [0.2, 0.25) is 0 Å². The maximum atomic E-state index is 6.62. The molecule has 0 N–H and O–H groups in total. The number of para-hydroxylation sites is 1. The number of rotatable bonds is 5. The summed E-state index contributed by atoms with van der Waals surface area (Å²) in [6.45, 7) is 0. The van der Waals surface area contributed by atoms with Gasteiger partial charge in [-0.05, 0) is 48.1 Å². The van der Waals surface area contributed by atoms with Crippen LogP contribution in [0.4, 0.5) is 0 Å². The summed E-state index contributed by atoms with van der Waals surface area (Å²) in [5.74, 6) is 1.94. The fourth-order valence-electron chi connectivity index (χ4n) is 4.97. The summed E-state index contributed by atoms with van der Waals surface area (Å²) >= 11 is 1.81. The van der Waals surface area contributed by atoms with Gasteiger partial charge >= 0.3 is 0 Å². The van der Waals surface area contributed by atoms with Gasteiger partial charge in [-0.3, -0.25) is 0 Å². The third kappa shape index (κ3) is 4.38. The molecule has 0 radical (unpaired) electrons. The smallest absolute Gasteiger partial charge is 0.262 e. The summed E-state index contributed by atoms with van der Waals surface area (Å²) < 4.78 is 10.2. The lowest BCUT2D eigenvalue weighted by Gasteiger charge is -2.29. The van der Waals surface area contributed by atoms with Crippen molar-refractivity contribution < 1.29 is 9.30 Å². The Morgan fingerprint density at radius 1 is 0.778 bits per heavy atom. The molecule has 176 valence electrons. The van der Waals surface area contributed by atoms with Gasteiger partial charge in [0.25, 0.3) is 5.01 Å². The summed E-state index contributed by atoms with van der Waals surface area (Å²) in [7, 11) is 2.13. The second-order valence-electron chi connectivity index (χ2n) is 9.13. The summed E-state index contributed by atoms with van der Waals surface area (Å²) in [4.78, 5) is 0. The Bertz CT molecular complexity index is 1570. The molecule has 0 bridgehead atoms. The van der Waals surface area contributed by atoms with E-state index >= 15 is 0 Å².